The van der Waals surface area contributed by atoms with Crippen LogP contribution in [0.25, 0.3) is 0 Å². The molecule has 186 valence electrons. The van der Waals surface area contributed by atoms with Gasteiger partial charge < -0.3 is 14.6 Å². The van der Waals surface area contributed by atoms with E-state index in [0.717, 1.165) is 42.8 Å². The van der Waals surface area contributed by atoms with Crippen molar-refractivity contribution in [2.45, 2.75) is 58.1 Å². The van der Waals surface area contributed by atoms with E-state index in [1.165, 1.54) is 0 Å². The third-order valence-corrected chi connectivity index (χ3v) is 7.07. The molecule has 6 heteroatoms. The highest BCUT2D eigenvalue weighted by Crippen LogP contribution is 2.47. The van der Waals surface area contributed by atoms with Crippen LogP contribution in [0.15, 0.2) is 42.5 Å². The Hall–Kier alpha value is -2.88. The maximum absolute atomic E-state index is 12.1. The Morgan fingerprint density at radius 3 is 2.54 bits per heavy atom. The largest absolute Gasteiger partial charge is 0.478 e. The highest BCUT2D eigenvalue weighted by atomic mass is 16.5. The Kier molecular flexibility index (Phi) is 7.49. The first-order valence-corrected chi connectivity index (χ1v) is 12.5. The molecule has 3 aliphatic heterocycles. The molecule has 1 aromatic heterocycles. The monoisotopic (exact) mass is 476 g/mol. The van der Waals surface area contributed by atoms with Crippen molar-refractivity contribution in [1.29, 1.82) is 0 Å². The zero-order chi connectivity index (χ0) is 25.1. The smallest absolute Gasteiger partial charge is 0.311 e. The van der Waals surface area contributed by atoms with Gasteiger partial charge in [0.1, 0.15) is 11.6 Å². The summed E-state index contributed by atoms with van der Waals surface area (Å²) in [4.78, 5) is 19.0. The number of hydrogen-bond donors (Lipinski definition) is 1. The predicted octanol–water partition coefficient (Wildman–Crippen LogP) is 3.95. The van der Waals surface area contributed by atoms with Crippen LogP contribution in [0.5, 0.6) is 5.88 Å². The van der Waals surface area contributed by atoms with Crippen LogP contribution in [-0.2, 0) is 21.6 Å². The molecule has 0 radical (unpaired) electrons. The molecule has 2 atom stereocenters. The second-order valence-corrected chi connectivity index (χ2v) is 10.6. The fourth-order valence-corrected chi connectivity index (χ4v) is 5.17. The lowest BCUT2D eigenvalue weighted by molar-refractivity contribution is -0.153. The fraction of sp³-hybridized carbons (Fsp3) is 0.517. The van der Waals surface area contributed by atoms with E-state index >= 15 is 0 Å². The highest BCUT2D eigenvalue weighted by Gasteiger charge is 2.54. The minimum Gasteiger partial charge on any atom is -0.478 e. The van der Waals surface area contributed by atoms with Crippen LogP contribution in [0, 0.1) is 23.7 Å². The molecular formula is C29H36N2O4. The quantitative estimate of drug-likeness (QED) is 0.353. The van der Waals surface area contributed by atoms with Crippen LogP contribution in [0.4, 0.5) is 0 Å². The van der Waals surface area contributed by atoms with E-state index < -0.39 is 11.0 Å². The minimum absolute atomic E-state index is 0.106. The van der Waals surface area contributed by atoms with Crippen LogP contribution in [0.2, 0.25) is 0 Å². The van der Waals surface area contributed by atoms with Gasteiger partial charge in [0.15, 0.2) is 0 Å². The van der Waals surface area contributed by atoms with Gasteiger partial charge in [-0.15, -0.1) is 6.42 Å². The molecule has 0 amide bonds. The summed E-state index contributed by atoms with van der Waals surface area (Å²) in [6.45, 7) is 8.01. The number of aliphatic hydroxyl groups is 1. The Bertz CT molecular complexity index is 1060. The van der Waals surface area contributed by atoms with E-state index in [0.29, 0.717) is 31.9 Å². The van der Waals surface area contributed by atoms with Gasteiger partial charge in [0.05, 0.1) is 24.3 Å². The first kappa shape index (κ1) is 25.2. The van der Waals surface area contributed by atoms with Gasteiger partial charge in [-0.1, -0.05) is 36.3 Å². The summed E-state index contributed by atoms with van der Waals surface area (Å²) in [6, 6.07) is 13.5. The van der Waals surface area contributed by atoms with Crippen LogP contribution < -0.4 is 4.74 Å². The highest BCUT2D eigenvalue weighted by molar-refractivity contribution is 5.75. The van der Waals surface area contributed by atoms with Gasteiger partial charge >= 0.3 is 5.97 Å². The van der Waals surface area contributed by atoms with Gasteiger partial charge in [0.2, 0.25) is 5.88 Å². The van der Waals surface area contributed by atoms with Crippen LogP contribution in [-0.4, -0.2) is 53.3 Å². The Balaban J connectivity index is 1.54. The van der Waals surface area contributed by atoms with E-state index in [-0.39, 0.29) is 17.9 Å². The van der Waals surface area contributed by atoms with Gasteiger partial charge in [0.25, 0.3) is 0 Å². The number of carbonyl (C=O) groups excluding carboxylic acids is 1. The molecule has 4 heterocycles. The predicted molar refractivity (Wildman–Crippen MR) is 135 cm³/mol. The number of esters is 1. The van der Waals surface area contributed by atoms with Crippen molar-refractivity contribution in [3.63, 3.8) is 0 Å². The van der Waals surface area contributed by atoms with Crippen molar-refractivity contribution in [2.75, 3.05) is 26.3 Å². The molecule has 2 bridgehead atoms. The number of benzene rings is 1. The molecule has 6 nitrogen and oxygen atoms in total. The summed E-state index contributed by atoms with van der Waals surface area (Å²) < 4.78 is 11.2. The summed E-state index contributed by atoms with van der Waals surface area (Å²) in [5, 5.41) is 12.1. The fourth-order valence-electron chi connectivity index (χ4n) is 5.17. The second kappa shape index (κ2) is 10.4. The molecule has 3 fully saturated rings. The number of pyridine rings is 1. The summed E-state index contributed by atoms with van der Waals surface area (Å²) in [7, 11) is 0. The van der Waals surface area contributed by atoms with Crippen molar-refractivity contribution >= 4 is 5.97 Å². The zero-order valence-electron chi connectivity index (χ0n) is 21.0. The van der Waals surface area contributed by atoms with E-state index in [1.54, 1.807) is 0 Å². The molecule has 1 aromatic carbocycles. The van der Waals surface area contributed by atoms with Crippen molar-refractivity contribution < 1.29 is 19.4 Å². The normalized spacial score (nSPS) is 25.6. The van der Waals surface area contributed by atoms with E-state index in [1.807, 2.05) is 51.1 Å². The number of piperidine rings is 3. The van der Waals surface area contributed by atoms with E-state index in [9.17, 15) is 9.90 Å². The lowest BCUT2D eigenvalue weighted by atomic mass is 9.66. The molecule has 2 aromatic rings. The molecule has 3 aliphatic rings. The summed E-state index contributed by atoms with van der Waals surface area (Å²) in [6.07, 6.45) is 8.93. The molecule has 5 rings (SSSR count). The number of ether oxygens (including phenoxy) is 2. The maximum Gasteiger partial charge on any atom is 0.311 e. The Labute approximate surface area is 208 Å². The SMILES string of the molecule is C#CC1N2CCC(CC2)C1(O)c1ccc(OCCCOC(=O)C(C)(C)C)nc1Cc1ccccc1. The number of rotatable bonds is 8. The third-order valence-electron chi connectivity index (χ3n) is 7.07. The third kappa shape index (κ3) is 5.37. The Morgan fingerprint density at radius 2 is 1.89 bits per heavy atom. The van der Waals surface area contributed by atoms with Gasteiger partial charge in [-0.3, -0.25) is 9.69 Å². The molecule has 0 spiro atoms. The minimum atomic E-state index is -1.14. The summed E-state index contributed by atoms with van der Waals surface area (Å²) in [5.74, 6) is 3.25. The van der Waals surface area contributed by atoms with Crippen LogP contribution in [0.1, 0.15) is 56.9 Å². The van der Waals surface area contributed by atoms with Crippen molar-refractivity contribution in [1.82, 2.24) is 9.88 Å². The van der Waals surface area contributed by atoms with Crippen molar-refractivity contribution in [3.8, 4) is 18.2 Å². The van der Waals surface area contributed by atoms with Crippen molar-refractivity contribution in [3.05, 3.63) is 59.3 Å². The maximum atomic E-state index is 12.1. The topological polar surface area (TPSA) is 71.9 Å². The molecular weight excluding hydrogens is 440 g/mol. The number of carbonyl (C=O) groups is 1. The van der Waals surface area contributed by atoms with Crippen LogP contribution >= 0.6 is 0 Å². The number of nitrogens with zero attached hydrogens (tertiary/aromatic N) is 2. The molecule has 0 saturated carbocycles. The molecule has 0 aliphatic carbocycles. The van der Waals surface area contributed by atoms with Crippen molar-refractivity contribution in [2.24, 2.45) is 11.3 Å². The summed E-state index contributed by atoms with van der Waals surface area (Å²) >= 11 is 0. The molecule has 2 unspecified atom stereocenters. The number of aromatic nitrogens is 1. The van der Waals surface area contributed by atoms with E-state index in [4.69, 9.17) is 20.9 Å². The Morgan fingerprint density at radius 1 is 1.17 bits per heavy atom. The van der Waals surface area contributed by atoms with Gasteiger partial charge in [-0.05, 0) is 64.3 Å². The van der Waals surface area contributed by atoms with Gasteiger partial charge in [-0.25, -0.2) is 4.98 Å². The average Bonchev–Trinajstić information content (AvgIpc) is 2.84. The molecule has 1 N–H and O–H groups in total. The standard InChI is InChI=1S/C29H36N2O4/c1-5-25-29(33,22-14-16-31(25)17-15-22)23-12-13-26(30-24(23)20-21-10-7-6-8-11-21)34-18-9-19-35-27(32)28(2,3)4/h1,6-8,10-13,22,25,33H,9,14-20H2,2-4H3. The number of fused-ring (bicyclic) bond motifs is 3. The average molecular weight is 477 g/mol. The first-order chi connectivity index (χ1) is 16.7. The van der Waals surface area contributed by atoms with Gasteiger partial charge in [0, 0.05) is 24.5 Å². The lowest BCUT2D eigenvalue weighted by Gasteiger charge is -2.54. The van der Waals surface area contributed by atoms with Crippen LogP contribution in [0.3, 0.4) is 0 Å². The van der Waals surface area contributed by atoms with E-state index in [2.05, 4.69) is 23.0 Å². The second-order valence-electron chi connectivity index (χ2n) is 10.6. The molecule has 3 saturated heterocycles. The summed E-state index contributed by atoms with van der Waals surface area (Å²) in [5.41, 5.74) is 1.03. The number of hydrogen-bond acceptors (Lipinski definition) is 6. The molecule has 35 heavy (non-hydrogen) atoms. The van der Waals surface area contributed by atoms with Gasteiger partial charge in [-0.2, -0.15) is 0 Å². The lowest BCUT2D eigenvalue weighted by Crippen LogP contribution is -2.63. The zero-order valence-corrected chi connectivity index (χ0v) is 21.0. The number of terminal acetylenes is 1. The first-order valence-electron chi connectivity index (χ1n) is 12.5.